The van der Waals surface area contributed by atoms with Crippen molar-refractivity contribution in [2.45, 2.75) is 17.0 Å². The summed E-state index contributed by atoms with van der Waals surface area (Å²) >= 11 is 12.9. The van der Waals surface area contributed by atoms with Crippen LogP contribution in [-0.4, -0.2) is 4.98 Å². The lowest BCUT2D eigenvalue weighted by molar-refractivity contribution is -0.138. The molecule has 0 amide bonds. The number of nitriles is 1. The Morgan fingerprint density at radius 1 is 1.00 bits per heavy atom. The number of pyridine rings is 1. The molecule has 0 aliphatic rings. The molecule has 0 atom stereocenters. The maximum absolute atomic E-state index is 13.6. The van der Waals surface area contributed by atoms with Crippen molar-refractivity contribution in [2.24, 2.45) is 0 Å². The van der Waals surface area contributed by atoms with Crippen LogP contribution in [0, 0.1) is 11.3 Å². The standard InChI is InChI=1S/C20H11Cl2F3N2S/c21-16-7-6-12(8-17(16)22)11-28-19-14(10-26)15(20(23,24)25)9-18(27-19)13-4-2-1-3-5-13/h1-9H,11H2. The van der Waals surface area contributed by atoms with Gasteiger partial charge in [-0.3, -0.25) is 0 Å². The Balaban J connectivity index is 2.05. The normalized spacial score (nSPS) is 11.3. The number of thioether (sulfide) groups is 1. The lowest BCUT2D eigenvalue weighted by Gasteiger charge is -2.14. The maximum atomic E-state index is 13.6. The van der Waals surface area contributed by atoms with Gasteiger partial charge in [0.2, 0.25) is 0 Å². The number of alkyl halides is 3. The zero-order valence-electron chi connectivity index (χ0n) is 14.1. The van der Waals surface area contributed by atoms with Crippen LogP contribution in [0.15, 0.2) is 59.6 Å². The van der Waals surface area contributed by atoms with Crippen molar-refractivity contribution in [2.75, 3.05) is 0 Å². The molecule has 1 heterocycles. The Morgan fingerprint density at radius 2 is 1.71 bits per heavy atom. The number of hydrogen-bond donors (Lipinski definition) is 0. The van der Waals surface area contributed by atoms with Gasteiger partial charge in [-0.1, -0.05) is 59.6 Å². The summed E-state index contributed by atoms with van der Waals surface area (Å²) in [5.74, 6) is 0.286. The maximum Gasteiger partial charge on any atom is 0.417 e. The molecule has 142 valence electrons. The molecule has 0 saturated carbocycles. The largest absolute Gasteiger partial charge is 0.417 e. The molecule has 2 aromatic carbocycles. The molecule has 0 spiro atoms. The first kappa shape index (κ1) is 20.5. The highest BCUT2D eigenvalue weighted by atomic mass is 35.5. The third-order valence-corrected chi connectivity index (χ3v) is 5.62. The number of nitrogens with zero attached hydrogens (tertiary/aromatic N) is 2. The summed E-state index contributed by atoms with van der Waals surface area (Å²) < 4.78 is 40.7. The van der Waals surface area contributed by atoms with Crippen LogP contribution in [0.2, 0.25) is 10.0 Å². The Morgan fingerprint density at radius 3 is 2.32 bits per heavy atom. The molecule has 0 fully saturated rings. The van der Waals surface area contributed by atoms with Crippen molar-refractivity contribution in [3.05, 3.63) is 81.3 Å². The average Bonchev–Trinajstić information content (AvgIpc) is 2.68. The number of aromatic nitrogens is 1. The average molecular weight is 439 g/mol. The van der Waals surface area contributed by atoms with Gasteiger partial charge in [-0.15, -0.1) is 11.8 Å². The molecule has 3 rings (SSSR count). The summed E-state index contributed by atoms with van der Waals surface area (Å²) in [6.45, 7) is 0. The first-order chi connectivity index (χ1) is 13.3. The number of rotatable bonds is 4. The third kappa shape index (κ3) is 4.61. The second-order valence-electron chi connectivity index (χ2n) is 5.75. The quantitative estimate of drug-likeness (QED) is 0.402. The van der Waals surface area contributed by atoms with Crippen molar-refractivity contribution in [1.29, 1.82) is 5.26 Å². The molecule has 0 radical (unpaired) electrons. The second kappa shape index (κ2) is 8.44. The summed E-state index contributed by atoms with van der Waals surface area (Å²) in [6.07, 6.45) is -4.67. The first-order valence-corrected chi connectivity index (χ1v) is 9.68. The number of hydrogen-bond acceptors (Lipinski definition) is 3. The molecular formula is C20H11Cl2F3N2S. The van der Waals surface area contributed by atoms with E-state index in [1.165, 1.54) is 0 Å². The van der Waals surface area contributed by atoms with Gasteiger partial charge in [-0.2, -0.15) is 18.4 Å². The van der Waals surface area contributed by atoms with Gasteiger partial charge >= 0.3 is 6.18 Å². The van der Waals surface area contributed by atoms with Gasteiger partial charge in [0.05, 0.1) is 26.9 Å². The lowest BCUT2D eigenvalue weighted by Crippen LogP contribution is -2.10. The third-order valence-electron chi connectivity index (χ3n) is 3.83. The Bertz CT molecular complexity index is 1050. The van der Waals surface area contributed by atoms with Crippen LogP contribution >= 0.6 is 35.0 Å². The summed E-state index contributed by atoms with van der Waals surface area (Å²) in [4.78, 5) is 4.32. The fourth-order valence-corrected chi connectivity index (χ4v) is 3.76. The summed E-state index contributed by atoms with van der Waals surface area (Å²) in [5, 5.41) is 10.1. The second-order valence-corrected chi connectivity index (χ2v) is 7.53. The fraction of sp³-hybridized carbons (Fsp3) is 0.100. The predicted octanol–water partition coefficient (Wildman–Crippen LogP) is 7.24. The van der Waals surface area contributed by atoms with Crippen LogP contribution in [0.4, 0.5) is 13.2 Å². The molecule has 0 unspecified atom stereocenters. The van der Waals surface area contributed by atoms with E-state index in [1.807, 2.05) is 0 Å². The predicted molar refractivity (Wildman–Crippen MR) is 105 cm³/mol. The minimum absolute atomic E-state index is 0.0160. The zero-order valence-corrected chi connectivity index (χ0v) is 16.4. The molecule has 0 aliphatic carbocycles. The van der Waals surface area contributed by atoms with E-state index >= 15 is 0 Å². The molecule has 2 nitrogen and oxygen atoms in total. The highest BCUT2D eigenvalue weighted by molar-refractivity contribution is 7.98. The van der Waals surface area contributed by atoms with Crippen LogP contribution in [0.1, 0.15) is 16.7 Å². The van der Waals surface area contributed by atoms with E-state index in [4.69, 9.17) is 23.2 Å². The zero-order chi connectivity index (χ0) is 20.3. The molecule has 8 heteroatoms. The first-order valence-electron chi connectivity index (χ1n) is 7.94. The molecule has 0 bridgehead atoms. The van der Waals surface area contributed by atoms with Crippen LogP contribution in [-0.2, 0) is 11.9 Å². The van der Waals surface area contributed by atoms with E-state index < -0.39 is 17.3 Å². The van der Waals surface area contributed by atoms with Gasteiger partial charge in [-0.25, -0.2) is 4.98 Å². The minimum Gasteiger partial charge on any atom is -0.240 e. The Kier molecular flexibility index (Phi) is 6.19. The molecular weight excluding hydrogens is 428 g/mol. The van der Waals surface area contributed by atoms with Gasteiger partial charge in [0.15, 0.2) is 0 Å². The van der Waals surface area contributed by atoms with E-state index in [0.29, 0.717) is 15.6 Å². The lowest BCUT2D eigenvalue weighted by atomic mass is 10.1. The number of halogens is 5. The van der Waals surface area contributed by atoms with Gasteiger partial charge in [0, 0.05) is 11.3 Å². The number of benzene rings is 2. The SMILES string of the molecule is N#Cc1c(C(F)(F)F)cc(-c2ccccc2)nc1SCc1ccc(Cl)c(Cl)c1. The van der Waals surface area contributed by atoms with Crippen LogP contribution in [0.25, 0.3) is 11.3 Å². The molecule has 1 aromatic heterocycles. The molecule has 0 saturated heterocycles. The van der Waals surface area contributed by atoms with Gasteiger partial charge in [0.1, 0.15) is 11.1 Å². The minimum atomic E-state index is -4.67. The molecule has 0 N–H and O–H groups in total. The Hall–Kier alpha value is -2.20. The smallest absolute Gasteiger partial charge is 0.240 e. The van der Waals surface area contributed by atoms with Crippen molar-refractivity contribution in [1.82, 2.24) is 4.98 Å². The monoisotopic (exact) mass is 438 g/mol. The molecule has 0 aliphatic heterocycles. The van der Waals surface area contributed by atoms with Crippen LogP contribution in [0.5, 0.6) is 0 Å². The van der Waals surface area contributed by atoms with Crippen LogP contribution < -0.4 is 0 Å². The molecule has 28 heavy (non-hydrogen) atoms. The molecule has 3 aromatic rings. The van der Waals surface area contributed by atoms with Crippen molar-refractivity contribution >= 4 is 35.0 Å². The van der Waals surface area contributed by atoms with Crippen LogP contribution in [0.3, 0.4) is 0 Å². The van der Waals surface area contributed by atoms with Crippen molar-refractivity contribution in [3.63, 3.8) is 0 Å². The summed E-state index contributed by atoms with van der Waals surface area (Å²) in [5.41, 5.74) is -0.0427. The van der Waals surface area contributed by atoms with E-state index in [9.17, 15) is 18.4 Å². The van der Waals surface area contributed by atoms with Gasteiger partial charge in [0.25, 0.3) is 0 Å². The van der Waals surface area contributed by atoms with E-state index in [2.05, 4.69) is 4.98 Å². The summed E-state index contributed by atoms with van der Waals surface area (Å²) in [6, 6.07) is 16.1. The van der Waals surface area contributed by atoms with Gasteiger partial charge < -0.3 is 0 Å². The van der Waals surface area contributed by atoms with E-state index in [-0.39, 0.29) is 16.5 Å². The topological polar surface area (TPSA) is 36.7 Å². The van der Waals surface area contributed by atoms with E-state index in [0.717, 1.165) is 23.4 Å². The Labute approximate surface area is 173 Å². The van der Waals surface area contributed by atoms with Crippen molar-refractivity contribution in [3.8, 4) is 17.3 Å². The van der Waals surface area contributed by atoms with Crippen molar-refractivity contribution < 1.29 is 13.2 Å². The summed E-state index contributed by atoms with van der Waals surface area (Å²) in [7, 11) is 0. The fourth-order valence-electron chi connectivity index (χ4n) is 2.50. The van der Waals surface area contributed by atoms with Gasteiger partial charge in [-0.05, 0) is 23.8 Å². The highest BCUT2D eigenvalue weighted by Gasteiger charge is 2.36. The highest BCUT2D eigenvalue weighted by Crippen LogP contribution is 2.38. The van der Waals surface area contributed by atoms with E-state index in [1.54, 1.807) is 54.6 Å².